The molecule has 0 aliphatic heterocycles. The number of aliphatic hydroxyl groups excluding tert-OH is 1. The number of aryl methyl sites for hydroxylation is 1. The van der Waals surface area contributed by atoms with E-state index in [1.807, 2.05) is 6.92 Å². The number of hydrogen-bond acceptors (Lipinski definition) is 3. The van der Waals surface area contributed by atoms with Gasteiger partial charge in [-0.2, -0.15) is 0 Å². The Bertz CT molecular complexity index is 332. The van der Waals surface area contributed by atoms with Crippen molar-refractivity contribution in [2.45, 2.75) is 39.2 Å². The lowest BCUT2D eigenvalue weighted by Crippen LogP contribution is -2.04. The highest BCUT2D eigenvalue weighted by Crippen LogP contribution is 2.31. The number of hydrogen-bond donors (Lipinski definition) is 1. The van der Waals surface area contributed by atoms with E-state index in [0.29, 0.717) is 0 Å². The van der Waals surface area contributed by atoms with Crippen LogP contribution in [0.1, 0.15) is 43.0 Å². The van der Waals surface area contributed by atoms with Crippen LogP contribution in [0.3, 0.4) is 0 Å². The van der Waals surface area contributed by atoms with Crippen molar-refractivity contribution in [1.29, 1.82) is 0 Å². The van der Waals surface area contributed by atoms with E-state index >= 15 is 0 Å². The summed E-state index contributed by atoms with van der Waals surface area (Å²) in [4.78, 5) is 8.67. The normalized spacial score (nSPS) is 18.2. The molecule has 1 fully saturated rings. The molecular weight excluding hydrogens is 176 g/mol. The first kappa shape index (κ1) is 9.59. The zero-order chi connectivity index (χ0) is 10.1. The predicted octanol–water partition coefficient (Wildman–Crippen LogP) is 1.79. The molecule has 3 nitrogen and oxygen atoms in total. The van der Waals surface area contributed by atoms with Crippen molar-refractivity contribution < 1.29 is 5.11 Å². The standard InChI is InChI=1S/C11H16N2O/c1-7-10(8(2)14)6-12-11(13-7)5-9-3-4-9/h6,8-9,14H,3-5H2,1-2H3/t8-/m0/s1. The maximum Gasteiger partial charge on any atom is 0.128 e. The van der Waals surface area contributed by atoms with E-state index in [-0.39, 0.29) is 0 Å². The van der Waals surface area contributed by atoms with Crippen molar-refractivity contribution in [1.82, 2.24) is 9.97 Å². The molecule has 1 atom stereocenters. The smallest absolute Gasteiger partial charge is 0.128 e. The van der Waals surface area contributed by atoms with Gasteiger partial charge in [0, 0.05) is 23.9 Å². The molecule has 2 rings (SSSR count). The van der Waals surface area contributed by atoms with E-state index in [4.69, 9.17) is 0 Å². The molecular formula is C11H16N2O. The minimum absolute atomic E-state index is 0.468. The quantitative estimate of drug-likeness (QED) is 0.794. The zero-order valence-corrected chi connectivity index (χ0v) is 8.70. The first-order chi connectivity index (χ1) is 6.66. The second-order valence-electron chi connectivity index (χ2n) is 4.15. The summed E-state index contributed by atoms with van der Waals surface area (Å²) in [6.07, 6.45) is 4.93. The van der Waals surface area contributed by atoms with E-state index in [0.717, 1.165) is 29.4 Å². The molecule has 0 unspecified atom stereocenters. The average molecular weight is 192 g/mol. The molecule has 1 aromatic rings. The molecule has 1 N–H and O–H groups in total. The Kier molecular flexibility index (Phi) is 2.50. The van der Waals surface area contributed by atoms with E-state index in [1.165, 1.54) is 12.8 Å². The van der Waals surface area contributed by atoms with Gasteiger partial charge in [0.15, 0.2) is 0 Å². The predicted molar refractivity (Wildman–Crippen MR) is 53.8 cm³/mol. The van der Waals surface area contributed by atoms with E-state index < -0.39 is 6.10 Å². The third kappa shape index (κ3) is 2.10. The first-order valence-electron chi connectivity index (χ1n) is 5.17. The van der Waals surface area contributed by atoms with Crippen LogP contribution in [-0.4, -0.2) is 15.1 Å². The molecule has 0 bridgehead atoms. The Hall–Kier alpha value is -0.960. The van der Waals surface area contributed by atoms with Crippen molar-refractivity contribution >= 4 is 0 Å². The molecule has 14 heavy (non-hydrogen) atoms. The Morgan fingerprint density at radius 2 is 2.29 bits per heavy atom. The van der Waals surface area contributed by atoms with Gasteiger partial charge >= 0.3 is 0 Å². The van der Waals surface area contributed by atoms with Gasteiger partial charge in [-0.05, 0) is 32.6 Å². The minimum atomic E-state index is -0.468. The monoisotopic (exact) mass is 192 g/mol. The molecule has 1 heterocycles. The summed E-state index contributed by atoms with van der Waals surface area (Å²) in [5.41, 5.74) is 1.75. The highest BCUT2D eigenvalue weighted by molar-refractivity contribution is 5.18. The zero-order valence-electron chi connectivity index (χ0n) is 8.70. The molecule has 1 aromatic heterocycles. The molecule has 0 radical (unpaired) electrons. The van der Waals surface area contributed by atoms with Crippen LogP contribution in [0.5, 0.6) is 0 Å². The Labute approximate surface area is 84.2 Å². The van der Waals surface area contributed by atoms with Gasteiger partial charge in [0.25, 0.3) is 0 Å². The maximum atomic E-state index is 9.41. The third-order valence-electron chi connectivity index (χ3n) is 2.69. The van der Waals surface area contributed by atoms with Crippen LogP contribution >= 0.6 is 0 Å². The number of aliphatic hydroxyl groups is 1. The summed E-state index contributed by atoms with van der Waals surface area (Å²) in [6, 6.07) is 0. The van der Waals surface area contributed by atoms with Crippen LogP contribution in [0.4, 0.5) is 0 Å². The summed E-state index contributed by atoms with van der Waals surface area (Å²) in [5.74, 6) is 1.74. The van der Waals surface area contributed by atoms with Crippen LogP contribution in [0.25, 0.3) is 0 Å². The van der Waals surface area contributed by atoms with E-state index in [9.17, 15) is 5.11 Å². The first-order valence-corrected chi connectivity index (χ1v) is 5.17. The highest BCUT2D eigenvalue weighted by atomic mass is 16.3. The van der Waals surface area contributed by atoms with Gasteiger partial charge in [-0.15, -0.1) is 0 Å². The van der Waals surface area contributed by atoms with Crippen molar-refractivity contribution in [3.8, 4) is 0 Å². The fraction of sp³-hybridized carbons (Fsp3) is 0.636. The van der Waals surface area contributed by atoms with E-state index in [2.05, 4.69) is 9.97 Å². The minimum Gasteiger partial charge on any atom is -0.389 e. The molecule has 0 saturated heterocycles. The Morgan fingerprint density at radius 1 is 1.57 bits per heavy atom. The molecule has 1 aliphatic rings. The third-order valence-corrected chi connectivity index (χ3v) is 2.69. The summed E-state index contributed by atoms with van der Waals surface area (Å²) < 4.78 is 0. The number of nitrogens with zero attached hydrogens (tertiary/aromatic N) is 2. The van der Waals surface area contributed by atoms with Crippen molar-refractivity contribution in [3.63, 3.8) is 0 Å². The van der Waals surface area contributed by atoms with Gasteiger partial charge in [-0.25, -0.2) is 9.97 Å². The van der Waals surface area contributed by atoms with Gasteiger partial charge in [0.2, 0.25) is 0 Å². The molecule has 0 spiro atoms. The second kappa shape index (κ2) is 3.65. The number of aromatic nitrogens is 2. The van der Waals surface area contributed by atoms with Gasteiger partial charge in [0.1, 0.15) is 5.82 Å². The van der Waals surface area contributed by atoms with E-state index in [1.54, 1.807) is 13.1 Å². The van der Waals surface area contributed by atoms with Crippen molar-refractivity contribution in [2.24, 2.45) is 5.92 Å². The molecule has 76 valence electrons. The maximum absolute atomic E-state index is 9.41. The number of rotatable bonds is 3. The average Bonchev–Trinajstić information content (AvgIpc) is 2.87. The van der Waals surface area contributed by atoms with Crippen LogP contribution in [0.2, 0.25) is 0 Å². The topological polar surface area (TPSA) is 46.0 Å². The largest absolute Gasteiger partial charge is 0.389 e. The lowest BCUT2D eigenvalue weighted by Gasteiger charge is -2.08. The lowest BCUT2D eigenvalue weighted by atomic mass is 10.1. The molecule has 3 heteroatoms. The van der Waals surface area contributed by atoms with Crippen LogP contribution in [-0.2, 0) is 6.42 Å². The van der Waals surface area contributed by atoms with Crippen LogP contribution in [0.15, 0.2) is 6.20 Å². The molecule has 1 saturated carbocycles. The van der Waals surface area contributed by atoms with Crippen LogP contribution < -0.4 is 0 Å². The lowest BCUT2D eigenvalue weighted by molar-refractivity contribution is 0.197. The van der Waals surface area contributed by atoms with Crippen LogP contribution in [0, 0.1) is 12.8 Å². The van der Waals surface area contributed by atoms with Crippen molar-refractivity contribution in [3.05, 3.63) is 23.3 Å². The summed E-state index contributed by atoms with van der Waals surface area (Å²) >= 11 is 0. The Morgan fingerprint density at radius 3 is 2.79 bits per heavy atom. The van der Waals surface area contributed by atoms with Gasteiger partial charge < -0.3 is 5.11 Å². The Balaban J connectivity index is 2.16. The second-order valence-corrected chi connectivity index (χ2v) is 4.15. The fourth-order valence-electron chi connectivity index (χ4n) is 1.61. The highest BCUT2D eigenvalue weighted by Gasteiger charge is 2.23. The molecule has 0 aromatic carbocycles. The van der Waals surface area contributed by atoms with Gasteiger partial charge in [-0.3, -0.25) is 0 Å². The molecule has 1 aliphatic carbocycles. The van der Waals surface area contributed by atoms with Crippen molar-refractivity contribution in [2.75, 3.05) is 0 Å². The SMILES string of the molecule is Cc1nc(CC2CC2)ncc1[C@H](C)O. The fourth-order valence-corrected chi connectivity index (χ4v) is 1.61. The van der Waals surface area contributed by atoms with Gasteiger partial charge in [0.05, 0.1) is 6.10 Å². The molecule has 0 amide bonds. The summed E-state index contributed by atoms with van der Waals surface area (Å²) in [6.45, 7) is 3.67. The summed E-state index contributed by atoms with van der Waals surface area (Å²) in [5, 5.41) is 9.41. The van der Waals surface area contributed by atoms with Gasteiger partial charge in [-0.1, -0.05) is 0 Å². The summed E-state index contributed by atoms with van der Waals surface area (Å²) in [7, 11) is 0.